The SMILES string of the molecule is Cc1ncc(CO)c(/C=N/Nc2ncnc3sc(C)c(C)c23)c1O. The van der Waals surface area contributed by atoms with Crippen molar-refractivity contribution in [3.8, 4) is 5.75 Å². The van der Waals surface area contributed by atoms with Crippen LogP contribution in [0.5, 0.6) is 5.75 Å². The van der Waals surface area contributed by atoms with Gasteiger partial charge in [-0.3, -0.25) is 10.4 Å². The Balaban J connectivity index is 1.95. The quantitative estimate of drug-likeness (QED) is 0.497. The molecule has 0 unspecified atom stereocenters. The van der Waals surface area contributed by atoms with Crippen LogP contribution in [0.2, 0.25) is 0 Å². The Morgan fingerprint density at radius 3 is 2.79 bits per heavy atom. The van der Waals surface area contributed by atoms with Gasteiger partial charge in [-0.25, -0.2) is 9.97 Å². The second kappa shape index (κ2) is 6.50. The van der Waals surface area contributed by atoms with Crippen molar-refractivity contribution in [3.63, 3.8) is 0 Å². The van der Waals surface area contributed by atoms with Crippen LogP contribution in [0.1, 0.15) is 27.3 Å². The average Bonchev–Trinajstić information content (AvgIpc) is 2.87. The van der Waals surface area contributed by atoms with Crippen molar-refractivity contribution in [2.24, 2.45) is 5.10 Å². The normalized spacial score (nSPS) is 11.5. The number of nitrogens with one attached hydrogen (secondary N) is 1. The Bertz CT molecular complexity index is 936. The molecule has 3 rings (SSSR count). The molecule has 0 amide bonds. The van der Waals surface area contributed by atoms with Gasteiger partial charge in [-0.05, 0) is 26.3 Å². The van der Waals surface area contributed by atoms with E-state index in [0.717, 1.165) is 15.8 Å². The van der Waals surface area contributed by atoms with E-state index in [1.807, 2.05) is 13.8 Å². The van der Waals surface area contributed by atoms with E-state index in [1.54, 1.807) is 18.3 Å². The van der Waals surface area contributed by atoms with Gasteiger partial charge in [-0.1, -0.05) is 0 Å². The molecule has 24 heavy (non-hydrogen) atoms. The number of aliphatic hydroxyl groups is 1. The summed E-state index contributed by atoms with van der Waals surface area (Å²) in [5.41, 5.74) is 5.42. The number of hydrogen-bond donors (Lipinski definition) is 3. The van der Waals surface area contributed by atoms with E-state index in [0.29, 0.717) is 22.6 Å². The molecule has 3 aromatic heterocycles. The third-order valence-electron chi connectivity index (χ3n) is 3.86. The highest BCUT2D eigenvalue weighted by atomic mass is 32.1. The van der Waals surface area contributed by atoms with E-state index in [1.165, 1.54) is 23.6 Å². The molecule has 0 fully saturated rings. The number of hydrogen-bond acceptors (Lipinski definition) is 8. The largest absolute Gasteiger partial charge is 0.505 e. The number of aromatic hydroxyl groups is 1. The van der Waals surface area contributed by atoms with Crippen LogP contribution >= 0.6 is 11.3 Å². The Labute approximate surface area is 142 Å². The molecule has 3 heterocycles. The summed E-state index contributed by atoms with van der Waals surface area (Å²) < 4.78 is 0. The van der Waals surface area contributed by atoms with Gasteiger partial charge in [0.25, 0.3) is 0 Å². The summed E-state index contributed by atoms with van der Waals surface area (Å²) in [7, 11) is 0. The summed E-state index contributed by atoms with van der Waals surface area (Å²) in [5.74, 6) is 0.608. The highest BCUT2D eigenvalue weighted by molar-refractivity contribution is 7.18. The molecule has 124 valence electrons. The molecular weight excluding hydrogens is 326 g/mol. The number of aromatic nitrogens is 3. The summed E-state index contributed by atoms with van der Waals surface area (Å²) in [6, 6.07) is 0. The number of thiophene rings is 1. The van der Waals surface area contributed by atoms with Crippen LogP contribution in [0.15, 0.2) is 17.6 Å². The van der Waals surface area contributed by atoms with E-state index in [-0.39, 0.29) is 12.4 Å². The molecule has 0 spiro atoms. The number of pyridine rings is 1. The molecule has 0 bridgehead atoms. The number of rotatable bonds is 4. The third-order valence-corrected chi connectivity index (χ3v) is 4.97. The van der Waals surface area contributed by atoms with Crippen molar-refractivity contribution in [2.75, 3.05) is 5.43 Å². The Morgan fingerprint density at radius 1 is 1.25 bits per heavy atom. The van der Waals surface area contributed by atoms with Crippen LogP contribution in [-0.4, -0.2) is 31.4 Å². The van der Waals surface area contributed by atoms with Crippen LogP contribution in [0.3, 0.4) is 0 Å². The number of hydrazone groups is 1. The predicted molar refractivity (Wildman–Crippen MR) is 94.7 cm³/mol. The van der Waals surface area contributed by atoms with Gasteiger partial charge in [0, 0.05) is 22.2 Å². The van der Waals surface area contributed by atoms with Gasteiger partial charge in [0.15, 0.2) is 5.82 Å². The highest BCUT2D eigenvalue weighted by Gasteiger charge is 2.12. The highest BCUT2D eigenvalue weighted by Crippen LogP contribution is 2.32. The first-order chi connectivity index (χ1) is 11.5. The van der Waals surface area contributed by atoms with E-state index >= 15 is 0 Å². The number of anilines is 1. The van der Waals surface area contributed by atoms with E-state index in [9.17, 15) is 10.2 Å². The van der Waals surface area contributed by atoms with Gasteiger partial charge in [-0.15, -0.1) is 11.3 Å². The van der Waals surface area contributed by atoms with Crippen LogP contribution in [0.4, 0.5) is 5.82 Å². The number of aryl methyl sites for hydroxylation is 3. The van der Waals surface area contributed by atoms with Crippen LogP contribution in [0.25, 0.3) is 10.2 Å². The van der Waals surface area contributed by atoms with Crippen molar-refractivity contribution in [3.05, 3.63) is 39.8 Å². The standard InChI is InChI=1S/C16H17N5O2S/c1-8-10(3)24-16-13(8)15(18-7-19-16)21-20-5-12-11(6-22)4-17-9(2)14(12)23/h4-5,7,22-23H,6H2,1-3H3,(H,18,19,21)/b20-5+. The first kappa shape index (κ1) is 16.3. The van der Waals surface area contributed by atoms with Gasteiger partial charge in [0.05, 0.1) is 23.9 Å². The monoisotopic (exact) mass is 343 g/mol. The second-order valence-corrected chi connectivity index (χ2v) is 6.55. The Kier molecular flexibility index (Phi) is 4.41. The van der Waals surface area contributed by atoms with Crippen LogP contribution < -0.4 is 5.43 Å². The molecule has 3 aromatic rings. The lowest BCUT2D eigenvalue weighted by atomic mass is 10.1. The topological polar surface area (TPSA) is 104 Å². The summed E-state index contributed by atoms with van der Waals surface area (Å²) in [5, 5.41) is 24.6. The molecule has 0 aliphatic rings. The maximum Gasteiger partial charge on any atom is 0.158 e. The van der Waals surface area contributed by atoms with Gasteiger partial charge < -0.3 is 10.2 Å². The molecule has 3 N–H and O–H groups in total. The molecular formula is C16H17N5O2S. The summed E-state index contributed by atoms with van der Waals surface area (Å²) in [6.07, 6.45) is 4.46. The second-order valence-electron chi connectivity index (χ2n) is 5.34. The Hall–Kier alpha value is -2.58. The number of fused-ring (bicyclic) bond motifs is 1. The maximum absolute atomic E-state index is 10.1. The smallest absolute Gasteiger partial charge is 0.158 e. The van der Waals surface area contributed by atoms with Crippen molar-refractivity contribution in [2.45, 2.75) is 27.4 Å². The summed E-state index contributed by atoms with van der Waals surface area (Å²) in [4.78, 5) is 14.6. The fourth-order valence-electron chi connectivity index (χ4n) is 2.35. The van der Waals surface area contributed by atoms with Gasteiger partial charge in [0.1, 0.15) is 16.9 Å². The molecule has 7 nitrogen and oxygen atoms in total. The van der Waals surface area contributed by atoms with Gasteiger partial charge >= 0.3 is 0 Å². The third kappa shape index (κ3) is 2.81. The first-order valence-corrected chi connectivity index (χ1v) is 8.12. The molecule has 8 heteroatoms. The molecule has 0 saturated carbocycles. The zero-order valence-electron chi connectivity index (χ0n) is 13.5. The lowest BCUT2D eigenvalue weighted by molar-refractivity contribution is 0.280. The van der Waals surface area contributed by atoms with Crippen molar-refractivity contribution < 1.29 is 10.2 Å². The molecule has 0 aliphatic heterocycles. The van der Waals surface area contributed by atoms with Crippen molar-refractivity contribution >= 4 is 33.6 Å². The minimum atomic E-state index is -0.233. The average molecular weight is 343 g/mol. The van der Waals surface area contributed by atoms with Crippen LogP contribution in [0, 0.1) is 20.8 Å². The fourth-order valence-corrected chi connectivity index (χ4v) is 3.34. The zero-order chi connectivity index (χ0) is 17.3. The number of nitrogens with zero attached hydrogens (tertiary/aromatic N) is 4. The van der Waals surface area contributed by atoms with Crippen LogP contribution in [-0.2, 0) is 6.61 Å². The predicted octanol–water partition coefficient (Wildman–Crippen LogP) is 2.66. The minimum absolute atomic E-state index is 0.00231. The van der Waals surface area contributed by atoms with E-state index < -0.39 is 0 Å². The molecule has 0 atom stereocenters. The molecule has 0 aliphatic carbocycles. The zero-order valence-corrected chi connectivity index (χ0v) is 14.3. The summed E-state index contributed by atoms with van der Waals surface area (Å²) in [6.45, 7) is 5.52. The lowest BCUT2D eigenvalue weighted by Crippen LogP contribution is -2.00. The maximum atomic E-state index is 10.1. The molecule has 0 radical (unpaired) electrons. The molecule has 0 saturated heterocycles. The van der Waals surface area contributed by atoms with Gasteiger partial charge in [-0.2, -0.15) is 5.10 Å². The van der Waals surface area contributed by atoms with Crippen molar-refractivity contribution in [1.29, 1.82) is 0 Å². The molecule has 0 aromatic carbocycles. The summed E-state index contributed by atoms with van der Waals surface area (Å²) >= 11 is 1.61. The van der Waals surface area contributed by atoms with E-state index in [4.69, 9.17) is 0 Å². The van der Waals surface area contributed by atoms with Crippen molar-refractivity contribution in [1.82, 2.24) is 15.0 Å². The minimum Gasteiger partial charge on any atom is -0.505 e. The van der Waals surface area contributed by atoms with Gasteiger partial charge in [0.2, 0.25) is 0 Å². The van der Waals surface area contributed by atoms with E-state index in [2.05, 4.69) is 25.5 Å². The Morgan fingerprint density at radius 2 is 2.04 bits per heavy atom. The first-order valence-electron chi connectivity index (χ1n) is 7.31. The number of aliphatic hydroxyl groups excluding tert-OH is 1. The fraction of sp³-hybridized carbons (Fsp3) is 0.250. The lowest BCUT2D eigenvalue weighted by Gasteiger charge is -2.07.